The average Bonchev–Trinajstić information content (AvgIpc) is 2.54. The van der Waals surface area contributed by atoms with Gasteiger partial charge in [-0.15, -0.1) is 0 Å². The van der Waals surface area contributed by atoms with Gasteiger partial charge >= 0.3 is 6.61 Å². The van der Waals surface area contributed by atoms with E-state index in [4.69, 9.17) is 9.47 Å². The normalized spacial score (nSPS) is 12.8. The number of carbonyl (C=O) groups excluding carboxylic acids is 1. The summed E-state index contributed by atoms with van der Waals surface area (Å²) in [7, 11) is 0. The maximum absolute atomic E-state index is 12.2. The summed E-state index contributed by atoms with van der Waals surface area (Å²) in [6.07, 6.45) is 0. The molecule has 0 atom stereocenters. The fourth-order valence-electron chi connectivity index (χ4n) is 2.14. The molecule has 1 heterocycles. The summed E-state index contributed by atoms with van der Waals surface area (Å²) in [6.45, 7) is -2.02. The van der Waals surface area contributed by atoms with E-state index >= 15 is 0 Å². The van der Waals surface area contributed by atoms with E-state index in [0.29, 0.717) is 30.4 Å². The third kappa shape index (κ3) is 3.68. The Kier molecular flexibility index (Phi) is 4.27. The smallest absolute Gasteiger partial charge is 0.387 e. The van der Waals surface area contributed by atoms with Crippen LogP contribution in [0.15, 0.2) is 42.5 Å². The second kappa shape index (κ2) is 6.51. The number of benzene rings is 2. The lowest BCUT2D eigenvalue weighted by atomic mass is 10.2. The van der Waals surface area contributed by atoms with Crippen LogP contribution in [0.3, 0.4) is 0 Å². The molecule has 0 unspecified atom stereocenters. The molecule has 2 aromatic rings. The molecule has 0 bridgehead atoms. The number of anilines is 1. The van der Waals surface area contributed by atoms with Crippen LogP contribution in [0, 0.1) is 0 Å². The summed E-state index contributed by atoms with van der Waals surface area (Å²) in [5.74, 6) is 0.640. The Bertz CT molecular complexity index is 721. The summed E-state index contributed by atoms with van der Waals surface area (Å²) in [5.41, 5.74) is 0.720. The van der Waals surface area contributed by atoms with Gasteiger partial charge < -0.3 is 19.5 Å². The third-order valence-corrected chi connectivity index (χ3v) is 3.12. The quantitative estimate of drug-likeness (QED) is 0.938. The first kappa shape index (κ1) is 15.1. The Labute approximate surface area is 130 Å². The van der Waals surface area contributed by atoms with Crippen LogP contribution in [0.4, 0.5) is 14.5 Å². The van der Waals surface area contributed by atoms with Crippen molar-refractivity contribution in [2.75, 3.05) is 18.5 Å². The van der Waals surface area contributed by atoms with Crippen molar-refractivity contribution >= 4 is 11.6 Å². The van der Waals surface area contributed by atoms with Crippen molar-refractivity contribution in [2.24, 2.45) is 0 Å². The average molecular weight is 321 g/mol. The number of amides is 1. The molecule has 0 saturated carbocycles. The molecule has 1 amide bonds. The van der Waals surface area contributed by atoms with E-state index in [1.807, 2.05) is 0 Å². The molecular weight excluding hydrogens is 308 g/mol. The van der Waals surface area contributed by atoms with Crippen molar-refractivity contribution in [3.05, 3.63) is 48.0 Å². The summed E-state index contributed by atoms with van der Waals surface area (Å²) in [4.78, 5) is 12.2. The van der Waals surface area contributed by atoms with Crippen molar-refractivity contribution in [3.8, 4) is 17.2 Å². The van der Waals surface area contributed by atoms with E-state index in [1.165, 1.54) is 24.3 Å². The molecular formula is C16H13F2NO4. The topological polar surface area (TPSA) is 56.8 Å². The van der Waals surface area contributed by atoms with Crippen LogP contribution in [0.25, 0.3) is 0 Å². The molecule has 120 valence electrons. The van der Waals surface area contributed by atoms with E-state index in [2.05, 4.69) is 10.1 Å². The van der Waals surface area contributed by atoms with Crippen LogP contribution in [-0.4, -0.2) is 25.7 Å². The van der Waals surface area contributed by atoms with Crippen LogP contribution in [0.5, 0.6) is 17.2 Å². The van der Waals surface area contributed by atoms with Crippen molar-refractivity contribution in [1.82, 2.24) is 0 Å². The molecule has 1 N–H and O–H groups in total. The Hall–Kier alpha value is -2.83. The number of nitrogens with one attached hydrogen (secondary N) is 1. The van der Waals surface area contributed by atoms with Gasteiger partial charge in [-0.1, -0.05) is 6.07 Å². The van der Waals surface area contributed by atoms with E-state index in [1.54, 1.807) is 18.2 Å². The van der Waals surface area contributed by atoms with Crippen LogP contribution < -0.4 is 19.5 Å². The lowest BCUT2D eigenvalue weighted by Gasteiger charge is -2.19. The molecule has 0 aliphatic carbocycles. The molecule has 7 heteroatoms. The lowest BCUT2D eigenvalue weighted by molar-refractivity contribution is -0.0498. The number of fused-ring (bicyclic) bond motifs is 1. The number of halogens is 2. The Morgan fingerprint density at radius 3 is 2.65 bits per heavy atom. The standard InChI is InChI=1S/C16H13F2NO4/c17-16(18)23-12-3-1-2-10(8-12)15(20)19-11-4-5-13-14(9-11)22-7-6-21-13/h1-5,8-9,16H,6-7H2,(H,19,20). The number of carbonyl (C=O) groups is 1. The summed E-state index contributed by atoms with van der Waals surface area (Å²) >= 11 is 0. The number of rotatable bonds is 4. The molecule has 5 nitrogen and oxygen atoms in total. The van der Waals surface area contributed by atoms with E-state index in [9.17, 15) is 13.6 Å². The zero-order valence-corrected chi connectivity index (χ0v) is 11.9. The van der Waals surface area contributed by atoms with Gasteiger partial charge in [0.15, 0.2) is 11.5 Å². The fraction of sp³-hybridized carbons (Fsp3) is 0.188. The minimum absolute atomic E-state index is 0.0742. The van der Waals surface area contributed by atoms with Crippen molar-refractivity contribution < 1.29 is 27.8 Å². The third-order valence-electron chi connectivity index (χ3n) is 3.12. The van der Waals surface area contributed by atoms with Gasteiger partial charge in [-0.2, -0.15) is 8.78 Å². The highest BCUT2D eigenvalue weighted by molar-refractivity contribution is 6.04. The molecule has 0 fully saturated rings. The predicted octanol–water partition coefficient (Wildman–Crippen LogP) is 3.31. The van der Waals surface area contributed by atoms with Gasteiger partial charge in [0, 0.05) is 17.3 Å². The molecule has 0 aromatic heterocycles. The molecule has 1 aliphatic heterocycles. The molecule has 2 aromatic carbocycles. The summed E-state index contributed by atoms with van der Waals surface area (Å²) in [5, 5.41) is 2.67. The number of ether oxygens (including phenoxy) is 3. The van der Waals surface area contributed by atoms with Gasteiger partial charge in [0.1, 0.15) is 19.0 Å². The van der Waals surface area contributed by atoms with Gasteiger partial charge in [0.05, 0.1) is 0 Å². The fourth-order valence-corrected chi connectivity index (χ4v) is 2.14. The molecule has 0 saturated heterocycles. The zero-order valence-electron chi connectivity index (χ0n) is 11.9. The van der Waals surface area contributed by atoms with Crippen molar-refractivity contribution in [1.29, 1.82) is 0 Å². The second-order valence-electron chi connectivity index (χ2n) is 4.72. The van der Waals surface area contributed by atoms with Crippen LogP contribution in [0.2, 0.25) is 0 Å². The second-order valence-corrected chi connectivity index (χ2v) is 4.72. The van der Waals surface area contributed by atoms with Gasteiger partial charge in [-0.3, -0.25) is 4.79 Å². The first-order chi connectivity index (χ1) is 11.1. The Morgan fingerprint density at radius 1 is 1.09 bits per heavy atom. The van der Waals surface area contributed by atoms with Gasteiger partial charge in [-0.25, -0.2) is 0 Å². The highest BCUT2D eigenvalue weighted by Gasteiger charge is 2.14. The maximum Gasteiger partial charge on any atom is 0.387 e. The lowest BCUT2D eigenvalue weighted by Crippen LogP contribution is -2.16. The van der Waals surface area contributed by atoms with Gasteiger partial charge in [0.25, 0.3) is 5.91 Å². The number of hydrogen-bond acceptors (Lipinski definition) is 4. The molecule has 23 heavy (non-hydrogen) atoms. The number of hydrogen-bond donors (Lipinski definition) is 1. The SMILES string of the molecule is O=C(Nc1ccc2c(c1)OCCO2)c1cccc(OC(F)F)c1. The Morgan fingerprint density at radius 2 is 1.87 bits per heavy atom. The van der Waals surface area contributed by atoms with Gasteiger partial charge in [0.2, 0.25) is 0 Å². The molecule has 1 aliphatic rings. The van der Waals surface area contributed by atoms with Crippen LogP contribution >= 0.6 is 0 Å². The number of alkyl halides is 2. The van der Waals surface area contributed by atoms with E-state index in [0.717, 1.165) is 0 Å². The highest BCUT2D eigenvalue weighted by Crippen LogP contribution is 2.32. The maximum atomic E-state index is 12.2. The predicted molar refractivity (Wildman–Crippen MR) is 78.5 cm³/mol. The first-order valence-corrected chi connectivity index (χ1v) is 6.88. The molecule has 0 radical (unpaired) electrons. The van der Waals surface area contributed by atoms with E-state index < -0.39 is 12.5 Å². The minimum Gasteiger partial charge on any atom is -0.486 e. The van der Waals surface area contributed by atoms with Crippen LogP contribution in [0.1, 0.15) is 10.4 Å². The summed E-state index contributed by atoms with van der Waals surface area (Å²) < 4.78 is 39.5. The minimum atomic E-state index is -2.94. The van der Waals surface area contributed by atoms with E-state index in [-0.39, 0.29) is 11.3 Å². The summed E-state index contributed by atoms with van der Waals surface area (Å²) in [6, 6.07) is 10.6. The Balaban J connectivity index is 1.74. The van der Waals surface area contributed by atoms with Gasteiger partial charge in [-0.05, 0) is 30.3 Å². The van der Waals surface area contributed by atoms with Crippen molar-refractivity contribution in [3.63, 3.8) is 0 Å². The zero-order chi connectivity index (χ0) is 16.2. The van der Waals surface area contributed by atoms with Crippen molar-refractivity contribution in [2.45, 2.75) is 6.61 Å². The molecule has 3 rings (SSSR count). The first-order valence-electron chi connectivity index (χ1n) is 6.88. The highest BCUT2D eigenvalue weighted by atomic mass is 19.3. The van der Waals surface area contributed by atoms with Crippen LogP contribution in [-0.2, 0) is 0 Å². The molecule has 0 spiro atoms. The monoisotopic (exact) mass is 321 g/mol. The largest absolute Gasteiger partial charge is 0.486 e.